The Bertz CT molecular complexity index is 4260. The molecule has 0 aliphatic carbocycles. The molecule has 0 amide bonds. The highest BCUT2D eigenvalue weighted by Gasteiger charge is 2.23. The summed E-state index contributed by atoms with van der Waals surface area (Å²) in [7, 11) is 0. The molecule has 0 bridgehead atoms. The molecule has 0 aliphatic heterocycles. The van der Waals surface area contributed by atoms with Gasteiger partial charge in [0.2, 0.25) is 5.95 Å². The van der Waals surface area contributed by atoms with Crippen LogP contribution in [-0.4, -0.2) is 19.5 Å². The Labute approximate surface area is 389 Å². The van der Waals surface area contributed by atoms with E-state index in [4.69, 9.17) is 19.4 Å². The number of hydrogen-bond acceptors (Lipinski definition) is 5. The summed E-state index contributed by atoms with van der Waals surface area (Å²) in [4.78, 5) is 16.0. The van der Waals surface area contributed by atoms with Crippen LogP contribution < -0.4 is 0 Å². The molecule has 0 atom stereocenters. The first-order valence-corrected chi connectivity index (χ1v) is 23.7. The zero-order chi connectivity index (χ0) is 44.6. The van der Waals surface area contributed by atoms with Crippen molar-refractivity contribution in [2.24, 2.45) is 0 Å². The molecule has 0 N–H and O–H groups in total. The number of nitrogens with zero attached hydrogens (tertiary/aromatic N) is 4. The molecule has 0 aliphatic rings. The van der Waals surface area contributed by atoms with Crippen molar-refractivity contribution in [2.45, 2.75) is 13.8 Å². The Morgan fingerprint density at radius 3 is 1.81 bits per heavy atom. The van der Waals surface area contributed by atoms with Gasteiger partial charge in [-0.1, -0.05) is 184 Å². The van der Waals surface area contributed by atoms with Crippen LogP contribution in [0.1, 0.15) is 13.8 Å². The van der Waals surface area contributed by atoms with Crippen molar-refractivity contribution < 1.29 is 4.42 Å². The third-order valence-electron chi connectivity index (χ3n) is 13.1. The van der Waals surface area contributed by atoms with E-state index in [2.05, 4.69) is 174 Å². The number of rotatable bonds is 5. The summed E-state index contributed by atoms with van der Waals surface area (Å²) in [5, 5.41) is 11.8. The number of thiophene rings is 1. The average Bonchev–Trinajstić information content (AvgIpc) is 4.09. The van der Waals surface area contributed by atoms with Crippen LogP contribution >= 0.6 is 11.3 Å². The van der Waals surface area contributed by atoms with Crippen molar-refractivity contribution in [3.63, 3.8) is 0 Å². The first-order chi connectivity index (χ1) is 33.2. The summed E-state index contributed by atoms with van der Waals surface area (Å²) in [6.45, 7) is 4.00. The van der Waals surface area contributed by atoms with Crippen molar-refractivity contribution in [1.82, 2.24) is 19.5 Å². The molecule has 0 saturated heterocycles. The van der Waals surface area contributed by atoms with Gasteiger partial charge in [0.1, 0.15) is 11.2 Å². The molecule has 67 heavy (non-hydrogen) atoms. The van der Waals surface area contributed by atoms with E-state index in [1.165, 1.54) is 52.8 Å². The highest BCUT2D eigenvalue weighted by atomic mass is 32.1. The summed E-state index contributed by atoms with van der Waals surface area (Å²) in [6, 6.07) is 73.4. The first-order valence-electron chi connectivity index (χ1n) is 22.8. The van der Waals surface area contributed by atoms with Crippen LogP contribution in [0.4, 0.5) is 0 Å². The standard InChI is InChI=1S/C59H34N4OS.C2H6/c1-2-15-36(16-3-1)57-60-58(37-30-32-44-43-18-6-8-27-50(43)64-51(44)34-37)62-59(61-57)63-49-33-31-35-14-4-5-17-38(35)54(49)48-26-12-25-46(56(48)63)42-23-11-20-39-40(42)21-10-22-41(39)45-24-13-29-53-55(45)47-19-7-9-28-52(47)65-53;1-2/h1-34H;1-2H3. The fourth-order valence-corrected chi connectivity index (χ4v) is 11.3. The SMILES string of the molecule is CC.c1ccc(-c2nc(-c3ccc4c(c3)oc3ccccc34)nc(-n3c4ccc5ccccc5c4c4cccc(-c5cccc6c(-c7cccc8sc9ccccc9c78)cccc56)c43)n2)cc1. The van der Waals surface area contributed by atoms with Crippen molar-refractivity contribution >= 4 is 96.8 Å². The van der Waals surface area contributed by atoms with Crippen LogP contribution in [0.2, 0.25) is 0 Å². The molecule has 14 rings (SSSR count). The van der Waals surface area contributed by atoms with Gasteiger partial charge in [0.15, 0.2) is 11.6 Å². The van der Waals surface area contributed by atoms with Crippen LogP contribution in [-0.2, 0) is 0 Å². The molecule has 0 spiro atoms. The fraction of sp³-hybridized carbons (Fsp3) is 0.0328. The summed E-state index contributed by atoms with van der Waals surface area (Å²) in [5.41, 5.74) is 10.1. The second-order valence-corrected chi connectivity index (χ2v) is 17.7. The lowest BCUT2D eigenvalue weighted by molar-refractivity contribution is 0.669. The van der Waals surface area contributed by atoms with Crippen LogP contribution in [0.15, 0.2) is 211 Å². The summed E-state index contributed by atoms with van der Waals surface area (Å²) < 4.78 is 11.2. The smallest absolute Gasteiger partial charge is 0.238 e. The van der Waals surface area contributed by atoms with Gasteiger partial charge in [-0.25, -0.2) is 4.98 Å². The maximum atomic E-state index is 6.38. The molecule has 6 heteroatoms. The third-order valence-corrected chi connectivity index (χ3v) is 14.2. The lowest BCUT2D eigenvalue weighted by atomic mass is 9.90. The van der Waals surface area contributed by atoms with Gasteiger partial charge in [-0.05, 0) is 74.6 Å². The molecule has 5 nitrogen and oxygen atoms in total. The topological polar surface area (TPSA) is 56.7 Å². The van der Waals surface area contributed by atoms with Gasteiger partial charge in [-0.2, -0.15) is 9.97 Å². The number of furan rings is 1. The Morgan fingerprint density at radius 1 is 0.388 bits per heavy atom. The molecule has 4 heterocycles. The average molecular weight is 877 g/mol. The molecular weight excluding hydrogens is 837 g/mol. The Hall–Kier alpha value is -8.45. The van der Waals surface area contributed by atoms with E-state index in [1.54, 1.807) is 0 Å². The van der Waals surface area contributed by atoms with Crippen molar-refractivity contribution in [2.75, 3.05) is 0 Å². The van der Waals surface area contributed by atoms with Crippen molar-refractivity contribution in [1.29, 1.82) is 0 Å². The number of para-hydroxylation sites is 2. The highest BCUT2D eigenvalue weighted by Crippen LogP contribution is 2.46. The minimum Gasteiger partial charge on any atom is -0.456 e. The van der Waals surface area contributed by atoms with Gasteiger partial charge in [0, 0.05) is 58.4 Å². The molecule has 14 aromatic rings. The van der Waals surface area contributed by atoms with Gasteiger partial charge in [-0.3, -0.25) is 4.57 Å². The predicted molar refractivity (Wildman–Crippen MR) is 282 cm³/mol. The first kappa shape index (κ1) is 39.0. The third kappa shape index (κ3) is 6.11. The van der Waals surface area contributed by atoms with E-state index in [-0.39, 0.29) is 0 Å². The van der Waals surface area contributed by atoms with Gasteiger partial charge in [0.25, 0.3) is 0 Å². The second-order valence-electron chi connectivity index (χ2n) is 16.7. The van der Waals surface area contributed by atoms with E-state index in [0.29, 0.717) is 17.6 Å². The lowest BCUT2D eigenvalue weighted by Crippen LogP contribution is -2.07. The highest BCUT2D eigenvalue weighted by molar-refractivity contribution is 7.25. The van der Waals surface area contributed by atoms with E-state index < -0.39 is 0 Å². The Kier molecular flexibility index (Phi) is 9.08. The lowest BCUT2D eigenvalue weighted by Gasteiger charge is -2.15. The zero-order valence-electron chi connectivity index (χ0n) is 36.7. The molecular formula is C61H40N4OS. The summed E-state index contributed by atoms with van der Waals surface area (Å²) in [5.74, 6) is 1.70. The maximum Gasteiger partial charge on any atom is 0.238 e. The Morgan fingerprint density at radius 2 is 0.985 bits per heavy atom. The van der Waals surface area contributed by atoms with E-state index in [9.17, 15) is 0 Å². The van der Waals surface area contributed by atoms with Gasteiger partial charge in [0.05, 0.1) is 11.0 Å². The molecule has 316 valence electrons. The normalized spacial score (nSPS) is 11.7. The molecule has 4 aromatic heterocycles. The maximum absolute atomic E-state index is 6.38. The number of hydrogen-bond donors (Lipinski definition) is 0. The number of fused-ring (bicyclic) bond motifs is 12. The van der Waals surface area contributed by atoms with E-state index >= 15 is 0 Å². The minimum absolute atomic E-state index is 0.540. The van der Waals surface area contributed by atoms with Crippen molar-refractivity contribution in [3.05, 3.63) is 206 Å². The van der Waals surface area contributed by atoms with Gasteiger partial charge >= 0.3 is 0 Å². The monoisotopic (exact) mass is 876 g/mol. The molecule has 10 aromatic carbocycles. The van der Waals surface area contributed by atoms with Crippen molar-refractivity contribution in [3.8, 4) is 51.0 Å². The van der Waals surface area contributed by atoms with E-state index in [1.807, 2.05) is 61.6 Å². The van der Waals surface area contributed by atoms with Gasteiger partial charge in [-0.15, -0.1) is 11.3 Å². The quantitative estimate of drug-likeness (QED) is 0.173. The summed E-state index contributed by atoms with van der Waals surface area (Å²) >= 11 is 1.86. The zero-order valence-corrected chi connectivity index (χ0v) is 37.6. The molecule has 0 fully saturated rings. The minimum atomic E-state index is 0.540. The molecule has 0 radical (unpaired) electrons. The van der Waals surface area contributed by atoms with Gasteiger partial charge < -0.3 is 4.42 Å². The predicted octanol–water partition coefficient (Wildman–Crippen LogP) is 17.2. The number of aromatic nitrogens is 4. The summed E-state index contributed by atoms with van der Waals surface area (Å²) in [6.07, 6.45) is 0. The molecule has 0 saturated carbocycles. The second kappa shape index (κ2) is 15.6. The molecule has 0 unspecified atom stereocenters. The number of benzene rings is 10. The largest absolute Gasteiger partial charge is 0.456 e. The van der Waals surface area contributed by atoms with Crippen LogP contribution in [0, 0.1) is 0 Å². The Balaban J connectivity index is 0.00000220. The van der Waals surface area contributed by atoms with Crippen LogP contribution in [0.5, 0.6) is 0 Å². The fourth-order valence-electron chi connectivity index (χ4n) is 10.2. The van der Waals surface area contributed by atoms with Crippen LogP contribution in [0.25, 0.3) is 136 Å². The van der Waals surface area contributed by atoms with E-state index in [0.717, 1.165) is 66.0 Å². The van der Waals surface area contributed by atoms with Crippen LogP contribution in [0.3, 0.4) is 0 Å².